The molecule has 1 aromatic carbocycles. The average molecular weight is 285 g/mol. The lowest BCUT2D eigenvalue weighted by Gasteiger charge is -2.23. The van der Waals surface area contributed by atoms with Crippen molar-refractivity contribution in [2.75, 3.05) is 14.1 Å². The number of hydrogen-bond acceptors (Lipinski definition) is 4. The van der Waals surface area contributed by atoms with Crippen molar-refractivity contribution in [3.63, 3.8) is 0 Å². The van der Waals surface area contributed by atoms with Gasteiger partial charge in [0.25, 0.3) is 0 Å². The van der Waals surface area contributed by atoms with Gasteiger partial charge in [-0.3, -0.25) is 15.6 Å². The Morgan fingerprint density at radius 3 is 2.52 bits per heavy atom. The molecule has 3 unspecified atom stereocenters. The molecule has 1 aromatic rings. The molecule has 4 heteroatoms. The molecule has 0 amide bonds. The molecule has 0 heterocycles. The number of nitrogens with one attached hydrogen (secondary N) is 2. The molecular formula is C17H23N3O. The SMILES string of the molecule is CNC(O)C(/N=C(/c1ccccc1)C1C=CC=CC1)NC. The van der Waals surface area contributed by atoms with Gasteiger partial charge in [-0.2, -0.15) is 0 Å². The molecule has 0 spiro atoms. The standard InChI is InChI=1S/C17H23N3O/c1-18-16(17(21)19-2)20-15(13-9-5-3-6-10-13)14-11-7-4-8-12-14/h3-11,14,16-19,21H,12H2,1-2H3/b20-15-. The maximum Gasteiger partial charge on any atom is 0.140 e. The van der Waals surface area contributed by atoms with Gasteiger partial charge in [-0.25, -0.2) is 0 Å². The molecule has 0 bridgehead atoms. The lowest BCUT2D eigenvalue weighted by atomic mass is 9.91. The molecule has 21 heavy (non-hydrogen) atoms. The van der Waals surface area contributed by atoms with E-state index in [9.17, 15) is 5.11 Å². The Labute approximate surface area is 126 Å². The van der Waals surface area contributed by atoms with E-state index in [1.807, 2.05) is 18.2 Å². The van der Waals surface area contributed by atoms with Crippen LogP contribution in [0.25, 0.3) is 0 Å². The zero-order chi connectivity index (χ0) is 15.1. The molecule has 0 radical (unpaired) electrons. The predicted octanol–water partition coefficient (Wildman–Crippen LogP) is 1.69. The summed E-state index contributed by atoms with van der Waals surface area (Å²) in [4.78, 5) is 4.77. The van der Waals surface area contributed by atoms with Gasteiger partial charge >= 0.3 is 0 Å². The highest BCUT2D eigenvalue weighted by atomic mass is 16.3. The Kier molecular flexibility index (Phi) is 5.87. The summed E-state index contributed by atoms with van der Waals surface area (Å²) in [5.74, 6) is 0.234. The molecule has 3 atom stereocenters. The maximum absolute atomic E-state index is 10.00. The minimum Gasteiger partial charge on any atom is -0.375 e. The maximum atomic E-state index is 10.00. The third kappa shape index (κ3) is 4.11. The van der Waals surface area contributed by atoms with Gasteiger partial charge in [0.15, 0.2) is 0 Å². The fraction of sp³-hybridized carbons (Fsp3) is 0.353. The monoisotopic (exact) mass is 285 g/mol. The first-order valence-corrected chi connectivity index (χ1v) is 7.25. The zero-order valence-corrected chi connectivity index (χ0v) is 12.5. The molecule has 0 saturated carbocycles. The highest BCUT2D eigenvalue weighted by molar-refractivity contribution is 6.03. The van der Waals surface area contributed by atoms with E-state index >= 15 is 0 Å². The minimum atomic E-state index is -0.725. The van der Waals surface area contributed by atoms with Crippen molar-refractivity contribution in [1.29, 1.82) is 0 Å². The molecule has 4 nitrogen and oxygen atoms in total. The van der Waals surface area contributed by atoms with Crippen LogP contribution in [-0.4, -0.2) is 37.3 Å². The van der Waals surface area contributed by atoms with E-state index in [1.54, 1.807) is 14.1 Å². The summed E-state index contributed by atoms with van der Waals surface area (Å²) in [5.41, 5.74) is 2.08. The van der Waals surface area contributed by atoms with Crippen molar-refractivity contribution in [1.82, 2.24) is 10.6 Å². The number of aliphatic imine (C=N–C) groups is 1. The van der Waals surface area contributed by atoms with Crippen LogP contribution in [0.2, 0.25) is 0 Å². The Morgan fingerprint density at radius 1 is 1.19 bits per heavy atom. The highest BCUT2D eigenvalue weighted by Gasteiger charge is 2.20. The van der Waals surface area contributed by atoms with E-state index in [4.69, 9.17) is 4.99 Å². The molecule has 1 aliphatic carbocycles. The first-order valence-electron chi connectivity index (χ1n) is 7.25. The van der Waals surface area contributed by atoms with Crippen molar-refractivity contribution >= 4 is 5.71 Å². The van der Waals surface area contributed by atoms with E-state index in [2.05, 4.69) is 47.1 Å². The third-order valence-corrected chi connectivity index (χ3v) is 3.57. The van der Waals surface area contributed by atoms with Gasteiger partial charge in [0.05, 0.1) is 5.71 Å². The Hall–Kier alpha value is -1.75. The topological polar surface area (TPSA) is 56.6 Å². The molecular weight excluding hydrogens is 262 g/mol. The smallest absolute Gasteiger partial charge is 0.140 e. The average Bonchev–Trinajstić information content (AvgIpc) is 2.57. The number of aliphatic hydroxyl groups excluding tert-OH is 1. The third-order valence-electron chi connectivity index (χ3n) is 3.57. The van der Waals surface area contributed by atoms with E-state index in [0.717, 1.165) is 17.7 Å². The van der Waals surface area contributed by atoms with Crippen molar-refractivity contribution in [2.24, 2.45) is 10.9 Å². The van der Waals surface area contributed by atoms with Crippen LogP contribution in [0.1, 0.15) is 12.0 Å². The number of benzene rings is 1. The van der Waals surface area contributed by atoms with E-state index < -0.39 is 6.23 Å². The van der Waals surface area contributed by atoms with E-state index in [0.29, 0.717) is 0 Å². The highest BCUT2D eigenvalue weighted by Crippen LogP contribution is 2.19. The van der Waals surface area contributed by atoms with Crippen LogP contribution in [-0.2, 0) is 0 Å². The second kappa shape index (κ2) is 7.88. The van der Waals surface area contributed by atoms with Gasteiger partial charge in [-0.1, -0.05) is 54.6 Å². The van der Waals surface area contributed by atoms with Crippen LogP contribution in [0.3, 0.4) is 0 Å². The van der Waals surface area contributed by atoms with Crippen LogP contribution in [0, 0.1) is 5.92 Å². The minimum absolute atomic E-state index is 0.234. The van der Waals surface area contributed by atoms with Gasteiger partial charge in [-0.05, 0) is 26.1 Å². The summed E-state index contributed by atoms with van der Waals surface area (Å²) < 4.78 is 0. The summed E-state index contributed by atoms with van der Waals surface area (Å²) in [6.45, 7) is 0. The largest absolute Gasteiger partial charge is 0.375 e. The second-order valence-corrected chi connectivity index (χ2v) is 5.00. The summed E-state index contributed by atoms with van der Waals surface area (Å²) in [5, 5.41) is 15.9. The van der Waals surface area contributed by atoms with Crippen molar-refractivity contribution in [2.45, 2.75) is 18.8 Å². The fourth-order valence-corrected chi connectivity index (χ4v) is 2.38. The second-order valence-electron chi connectivity index (χ2n) is 5.00. The quantitative estimate of drug-likeness (QED) is 0.551. The molecule has 0 saturated heterocycles. The molecule has 2 rings (SSSR count). The Balaban J connectivity index is 2.35. The van der Waals surface area contributed by atoms with E-state index in [-0.39, 0.29) is 12.1 Å². The van der Waals surface area contributed by atoms with Gasteiger partial charge in [0, 0.05) is 5.92 Å². The predicted molar refractivity (Wildman–Crippen MR) is 87.3 cm³/mol. The first-order chi connectivity index (χ1) is 10.3. The van der Waals surface area contributed by atoms with Gasteiger partial charge in [-0.15, -0.1) is 0 Å². The van der Waals surface area contributed by atoms with Crippen LogP contribution >= 0.6 is 0 Å². The number of nitrogens with zero attached hydrogens (tertiary/aromatic N) is 1. The molecule has 0 aliphatic heterocycles. The van der Waals surface area contributed by atoms with E-state index in [1.165, 1.54) is 0 Å². The van der Waals surface area contributed by atoms with Gasteiger partial charge in [0.1, 0.15) is 12.4 Å². The van der Waals surface area contributed by atoms with Crippen molar-refractivity contribution in [3.8, 4) is 0 Å². The lowest BCUT2D eigenvalue weighted by Crippen LogP contribution is -2.44. The van der Waals surface area contributed by atoms with Crippen LogP contribution < -0.4 is 10.6 Å². The van der Waals surface area contributed by atoms with Gasteiger partial charge in [0.2, 0.25) is 0 Å². The summed E-state index contributed by atoms with van der Waals surface area (Å²) in [6, 6.07) is 10.1. The number of hydrogen-bond donors (Lipinski definition) is 3. The van der Waals surface area contributed by atoms with Crippen LogP contribution in [0.15, 0.2) is 59.6 Å². The summed E-state index contributed by atoms with van der Waals surface area (Å²) in [6.07, 6.45) is 8.22. The number of rotatable bonds is 6. The Bertz CT molecular complexity index is 522. The normalized spacial score (nSPS) is 21.3. The Morgan fingerprint density at radius 2 is 1.95 bits per heavy atom. The zero-order valence-electron chi connectivity index (χ0n) is 12.5. The summed E-state index contributed by atoms with van der Waals surface area (Å²) in [7, 11) is 3.52. The molecule has 112 valence electrons. The summed E-state index contributed by atoms with van der Waals surface area (Å²) >= 11 is 0. The van der Waals surface area contributed by atoms with Crippen molar-refractivity contribution in [3.05, 3.63) is 60.2 Å². The van der Waals surface area contributed by atoms with Crippen molar-refractivity contribution < 1.29 is 5.11 Å². The molecule has 3 N–H and O–H groups in total. The van der Waals surface area contributed by atoms with Crippen LogP contribution in [0.5, 0.6) is 0 Å². The first kappa shape index (κ1) is 15.6. The van der Waals surface area contributed by atoms with Crippen LogP contribution in [0.4, 0.5) is 0 Å². The number of aliphatic hydroxyl groups is 1. The fourth-order valence-electron chi connectivity index (χ4n) is 2.38. The molecule has 0 fully saturated rings. The molecule has 0 aromatic heterocycles. The number of likely N-dealkylation sites (N-methyl/N-ethyl adjacent to an activating group) is 2. The lowest BCUT2D eigenvalue weighted by molar-refractivity contribution is 0.108. The van der Waals surface area contributed by atoms with Gasteiger partial charge < -0.3 is 5.11 Å². The number of allylic oxidation sites excluding steroid dienone is 4. The molecule has 1 aliphatic rings.